The minimum atomic E-state index is 0.174. The van der Waals surface area contributed by atoms with Crippen LogP contribution in [0.15, 0.2) is 54.6 Å². The lowest BCUT2D eigenvalue weighted by Crippen LogP contribution is -2.27. The van der Waals surface area contributed by atoms with Crippen molar-refractivity contribution in [1.82, 2.24) is 0 Å². The molecule has 1 nitrogen and oxygen atoms in total. The Bertz CT molecular complexity index is 581. The number of hydrogen-bond acceptors (Lipinski definition) is 1. The summed E-state index contributed by atoms with van der Waals surface area (Å²) < 4.78 is 0. The SMILES string of the molecule is CC(Cc1ccc(O)cc1)(CC1CCCC1)c1ccccc1. The molecule has 1 heteroatoms. The van der Waals surface area contributed by atoms with E-state index >= 15 is 0 Å². The molecule has 0 bridgehead atoms. The topological polar surface area (TPSA) is 20.2 Å². The number of phenols is 1. The summed E-state index contributed by atoms with van der Waals surface area (Å²) in [5.41, 5.74) is 2.92. The van der Waals surface area contributed by atoms with Gasteiger partial charge < -0.3 is 5.11 Å². The van der Waals surface area contributed by atoms with Crippen LogP contribution < -0.4 is 0 Å². The molecule has 1 aliphatic rings. The standard InChI is InChI=1S/C21H26O/c1-21(15-17-7-5-6-8-17,19-9-3-2-4-10-19)16-18-11-13-20(22)14-12-18/h2-4,9-14,17,22H,5-8,15-16H2,1H3. The van der Waals surface area contributed by atoms with E-state index in [-0.39, 0.29) is 5.41 Å². The molecule has 2 aromatic carbocycles. The van der Waals surface area contributed by atoms with Crippen molar-refractivity contribution in [2.75, 3.05) is 0 Å². The van der Waals surface area contributed by atoms with E-state index < -0.39 is 0 Å². The van der Waals surface area contributed by atoms with Gasteiger partial charge in [0.25, 0.3) is 0 Å². The summed E-state index contributed by atoms with van der Waals surface area (Å²) in [6.07, 6.45) is 7.87. The van der Waals surface area contributed by atoms with Crippen LogP contribution in [0.25, 0.3) is 0 Å². The molecule has 1 saturated carbocycles. The minimum Gasteiger partial charge on any atom is -0.508 e. The maximum Gasteiger partial charge on any atom is 0.115 e. The highest BCUT2D eigenvalue weighted by Crippen LogP contribution is 2.40. The van der Waals surface area contributed by atoms with E-state index in [4.69, 9.17) is 0 Å². The first-order valence-corrected chi connectivity index (χ1v) is 8.49. The average Bonchev–Trinajstić information content (AvgIpc) is 3.03. The summed E-state index contributed by atoms with van der Waals surface area (Å²) in [5.74, 6) is 1.21. The van der Waals surface area contributed by atoms with E-state index in [1.807, 2.05) is 0 Å². The van der Waals surface area contributed by atoms with E-state index in [2.05, 4.69) is 49.4 Å². The maximum absolute atomic E-state index is 9.50. The fraction of sp³-hybridized carbons (Fsp3) is 0.429. The molecule has 2 aromatic rings. The van der Waals surface area contributed by atoms with Crippen LogP contribution in [0.1, 0.15) is 50.2 Å². The van der Waals surface area contributed by atoms with Crippen LogP contribution in [0.4, 0.5) is 0 Å². The van der Waals surface area contributed by atoms with Gasteiger partial charge in [-0.3, -0.25) is 0 Å². The highest BCUT2D eigenvalue weighted by atomic mass is 16.3. The highest BCUT2D eigenvalue weighted by molar-refractivity contribution is 5.31. The van der Waals surface area contributed by atoms with Gasteiger partial charge in [0.15, 0.2) is 0 Å². The zero-order chi connectivity index (χ0) is 15.4. The molecule has 22 heavy (non-hydrogen) atoms. The van der Waals surface area contributed by atoms with Crippen LogP contribution in [0.3, 0.4) is 0 Å². The van der Waals surface area contributed by atoms with Gasteiger partial charge in [-0.1, -0.05) is 75.1 Å². The lowest BCUT2D eigenvalue weighted by molar-refractivity contribution is 0.337. The summed E-state index contributed by atoms with van der Waals surface area (Å²) in [6, 6.07) is 18.7. The molecule has 1 aliphatic carbocycles. The Morgan fingerprint density at radius 1 is 0.955 bits per heavy atom. The van der Waals surface area contributed by atoms with Gasteiger partial charge in [-0.05, 0) is 47.4 Å². The first-order valence-electron chi connectivity index (χ1n) is 8.49. The van der Waals surface area contributed by atoms with Gasteiger partial charge in [-0.2, -0.15) is 0 Å². The first kappa shape index (κ1) is 15.1. The Morgan fingerprint density at radius 3 is 2.23 bits per heavy atom. The molecule has 0 radical (unpaired) electrons. The molecule has 0 aliphatic heterocycles. The van der Waals surface area contributed by atoms with Crippen LogP contribution in [0.5, 0.6) is 5.75 Å². The van der Waals surface area contributed by atoms with Gasteiger partial charge in [-0.25, -0.2) is 0 Å². The van der Waals surface area contributed by atoms with Crippen LogP contribution >= 0.6 is 0 Å². The second-order valence-electron chi connectivity index (χ2n) is 7.12. The summed E-state index contributed by atoms with van der Waals surface area (Å²) in [5, 5.41) is 9.50. The van der Waals surface area contributed by atoms with Crippen molar-refractivity contribution in [2.24, 2.45) is 5.92 Å². The van der Waals surface area contributed by atoms with Crippen LogP contribution in [-0.4, -0.2) is 5.11 Å². The Balaban J connectivity index is 1.86. The van der Waals surface area contributed by atoms with Gasteiger partial charge in [0, 0.05) is 0 Å². The summed E-state index contributed by atoms with van der Waals surface area (Å²) >= 11 is 0. The quantitative estimate of drug-likeness (QED) is 0.775. The van der Waals surface area contributed by atoms with E-state index in [9.17, 15) is 5.11 Å². The lowest BCUT2D eigenvalue weighted by atomic mass is 9.71. The molecule has 0 heterocycles. The Morgan fingerprint density at radius 2 is 1.59 bits per heavy atom. The van der Waals surface area contributed by atoms with Crippen LogP contribution in [0, 0.1) is 5.92 Å². The fourth-order valence-electron chi connectivity index (χ4n) is 4.05. The Hall–Kier alpha value is -1.76. The third-order valence-electron chi connectivity index (χ3n) is 5.22. The highest BCUT2D eigenvalue weighted by Gasteiger charge is 2.31. The smallest absolute Gasteiger partial charge is 0.115 e. The molecule has 0 aromatic heterocycles. The minimum absolute atomic E-state index is 0.174. The van der Waals surface area contributed by atoms with E-state index in [1.165, 1.54) is 43.2 Å². The van der Waals surface area contributed by atoms with Crippen molar-refractivity contribution in [3.8, 4) is 5.75 Å². The zero-order valence-corrected chi connectivity index (χ0v) is 13.5. The van der Waals surface area contributed by atoms with Crippen LogP contribution in [-0.2, 0) is 11.8 Å². The first-order chi connectivity index (χ1) is 10.7. The van der Waals surface area contributed by atoms with Gasteiger partial charge in [0.05, 0.1) is 0 Å². The van der Waals surface area contributed by atoms with Gasteiger partial charge in [0.1, 0.15) is 5.75 Å². The molecule has 1 unspecified atom stereocenters. The number of hydrogen-bond donors (Lipinski definition) is 1. The summed E-state index contributed by atoms with van der Waals surface area (Å²) in [7, 11) is 0. The molecule has 1 N–H and O–H groups in total. The molecule has 3 rings (SSSR count). The van der Waals surface area contributed by atoms with Crippen LogP contribution in [0.2, 0.25) is 0 Å². The van der Waals surface area contributed by atoms with Crippen molar-refractivity contribution < 1.29 is 5.11 Å². The summed E-state index contributed by atoms with van der Waals surface area (Å²) in [6.45, 7) is 2.41. The molecule has 0 amide bonds. The van der Waals surface area contributed by atoms with Crippen molar-refractivity contribution >= 4 is 0 Å². The van der Waals surface area contributed by atoms with Gasteiger partial charge in [-0.15, -0.1) is 0 Å². The molecule has 0 spiro atoms. The van der Waals surface area contributed by atoms with Crippen molar-refractivity contribution in [2.45, 2.75) is 50.9 Å². The van der Waals surface area contributed by atoms with Crippen molar-refractivity contribution in [3.63, 3.8) is 0 Å². The second-order valence-corrected chi connectivity index (χ2v) is 7.12. The molecule has 0 saturated heterocycles. The molecule has 1 fully saturated rings. The largest absolute Gasteiger partial charge is 0.508 e. The Labute approximate surface area is 134 Å². The van der Waals surface area contributed by atoms with Gasteiger partial charge in [0.2, 0.25) is 0 Å². The number of aromatic hydroxyl groups is 1. The van der Waals surface area contributed by atoms with E-state index in [1.54, 1.807) is 12.1 Å². The fourth-order valence-corrected chi connectivity index (χ4v) is 4.05. The third-order valence-corrected chi connectivity index (χ3v) is 5.22. The predicted octanol–water partition coefficient (Wildman–Crippen LogP) is 5.47. The van der Waals surface area contributed by atoms with E-state index in [0.717, 1.165) is 12.3 Å². The number of rotatable bonds is 5. The molecular formula is C21H26O. The molecule has 116 valence electrons. The van der Waals surface area contributed by atoms with Crippen molar-refractivity contribution in [3.05, 3.63) is 65.7 Å². The average molecular weight is 294 g/mol. The summed E-state index contributed by atoms with van der Waals surface area (Å²) in [4.78, 5) is 0. The predicted molar refractivity (Wildman–Crippen MR) is 92.2 cm³/mol. The lowest BCUT2D eigenvalue weighted by Gasteiger charge is -2.33. The monoisotopic (exact) mass is 294 g/mol. The number of benzene rings is 2. The third kappa shape index (κ3) is 3.52. The molecule has 1 atom stereocenters. The van der Waals surface area contributed by atoms with Crippen molar-refractivity contribution in [1.29, 1.82) is 0 Å². The molecular weight excluding hydrogens is 268 g/mol. The zero-order valence-electron chi connectivity index (χ0n) is 13.5. The van der Waals surface area contributed by atoms with Gasteiger partial charge >= 0.3 is 0 Å². The Kier molecular flexibility index (Phi) is 4.52. The normalized spacial score (nSPS) is 18.2. The number of phenolic OH excluding ortho intramolecular Hbond substituents is 1. The second kappa shape index (κ2) is 6.56. The maximum atomic E-state index is 9.50. The van der Waals surface area contributed by atoms with E-state index in [0.29, 0.717) is 5.75 Å².